The number of carbonyl (C=O) groups is 1. The fourth-order valence-corrected chi connectivity index (χ4v) is 7.00. The number of nitrogens with zero attached hydrogens (tertiary/aromatic N) is 3. The van der Waals surface area contributed by atoms with Crippen molar-refractivity contribution in [1.29, 1.82) is 0 Å². The fourth-order valence-electron chi connectivity index (χ4n) is 5.31. The van der Waals surface area contributed by atoms with Gasteiger partial charge in [0.05, 0.1) is 23.2 Å². The highest BCUT2D eigenvalue weighted by molar-refractivity contribution is 7.91. The molecule has 7 heteroatoms. The predicted octanol–water partition coefficient (Wildman–Crippen LogP) is 2.83. The van der Waals surface area contributed by atoms with Crippen molar-refractivity contribution in [1.82, 2.24) is 14.7 Å². The lowest BCUT2D eigenvalue weighted by Gasteiger charge is -2.32. The Morgan fingerprint density at radius 3 is 2.53 bits per heavy atom. The van der Waals surface area contributed by atoms with E-state index in [1.807, 2.05) is 11.0 Å². The summed E-state index contributed by atoms with van der Waals surface area (Å²) in [4.78, 5) is 15.5. The summed E-state index contributed by atoms with van der Waals surface area (Å²) in [5, 5.41) is 4.73. The number of hydrogen-bond donors (Lipinski definition) is 0. The number of fused-ring (bicyclic) bond motifs is 1. The fraction of sp³-hybridized carbons (Fsp3) is 0.565. The second-order valence-corrected chi connectivity index (χ2v) is 11.3. The number of aryl methyl sites for hydroxylation is 1. The Bertz CT molecular complexity index is 1040. The second-order valence-electron chi connectivity index (χ2n) is 9.05. The third-order valence-electron chi connectivity index (χ3n) is 6.96. The van der Waals surface area contributed by atoms with Gasteiger partial charge in [0.25, 0.3) is 5.91 Å². The predicted molar refractivity (Wildman–Crippen MR) is 115 cm³/mol. The molecule has 0 unspecified atom stereocenters. The molecular formula is C23H29N3O3S. The van der Waals surface area contributed by atoms with Gasteiger partial charge in [-0.2, -0.15) is 5.10 Å². The van der Waals surface area contributed by atoms with Crippen LogP contribution in [0.4, 0.5) is 0 Å². The summed E-state index contributed by atoms with van der Waals surface area (Å²) in [6.45, 7) is 1.53. The number of carbonyl (C=O) groups excluding carboxylic acids is 1. The lowest BCUT2D eigenvalue weighted by Crippen LogP contribution is -2.40. The van der Waals surface area contributed by atoms with Gasteiger partial charge in [0.15, 0.2) is 9.84 Å². The van der Waals surface area contributed by atoms with Crippen LogP contribution in [0.25, 0.3) is 0 Å². The smallest absolute Gasteiger partial charge is 0.272 e. The summed E-state index contributed by atoms with van der Waals surface area (Å²) in [5.74, 6) is 0.952. The molecule has 0 saturated carbocycles. The van der Waals surface area contributed by atoms with Crippen LogP contribution >= 0.6 is 0 Å². The molecule has 160 valence electrons. The summed E-state index contributed by atoms with van der Waals surface area (Å²) in [7, 11) is -3.03. The molecule has 1 aromatic carbocycles. The van der Waals surface area contributed by atoms with Crippen molar-refractivity contribution in [2.45, 2.75) is 51.0 Å². The quantitative estimate of drug-likeness (QED) is 0.752. The van der Waals surface area contributed by atoms with Crippen LogP contribution in [0.1, 0.15) is 59.0 Å². The summed E-state index contributed by atoms with van der Waals surface area (Å²) in [5.41, 5.74) is 4.10. The molecule has 2 aromatic rings. The minimum absolute atomic E-state index is 0.0492. The summed E-state index contributed by atoms with van der Waals surface area (Å²) in [6, 6.07) is 10.4. The van der Waals surface area contributed by atoms with E-state index in [1.165, 1.54) is 5.56 Å². The van der Waals surface area contributed by atoms with Gasteiger partial charge >= 0.3 is 0 Å². The molecule has 2 saturated heterocycles. The molecule has 1 aliphatic carbocycles. The van der Waals surface area contributed by atoms with Gasteiger partial charge in [-0.1, -0.05) is 30.3 Å². The Balaban J connectivity index is 1.32. The molecule has 2 fully saturated rings. The Kier molecular flexibility index (Phi) is 5.17. The van der Waals surface area contributed by atoms with E-state index < -0.39 is 9.84 Å². The standard InChI is InChI=1S/C23H29N3O3S/c27-23(25-12-9-18(10-13-25)15-17-5-2-1-3-6-17)22-20-7-4-8-21(20)24-26(22)19-11-14-30(28,29)16-19/h1-3,5-6,18-19H,4,7-16H2/t19-/m1/s1. The van der Waals surface area contributed by atoms with E-state index in [4.69, 9.17) is 5.10 Å². The maximum absolute atomic E-state index is 13.5. The van der Waals surface area contributed by atoms with E-state index in [1.54, 1.807) is 4.68 Å². The van der Waals surface area contributed by atoms with Crippen LogP contribution in [0.15, 0.2) is 30.3 Å². The van der Waals surface area contributed by atoms with Crippen LogP contribution in [0.3, 0.4) is 0 Å². The van der Waals surface area contributed by atoms with E-state index in [2.05, 4.69) is 24.3 Å². The third-order valence-corrected chi connectivity index (χ3v) is 8.71. The van der Waals surface area contributed by atoms with Gasteiger partial charge in [-0.05, 0) is 56.4 Å². The van der Waals surface area contributed by atoms with Crippen molar-refractivity contribution in [3.8, 4) is 0 Å². The van der Waals surface area contributed by atoms with Crippen molar-refractivity contribution in [2.75, 3.05) is 24.6 Å². The van der Waals surface area contributed by atoms with Crippen LogP contribution in [-0.4, -0.2) is 53.6 Å². The number of aromatic nitrogens is 2. The molecular weight excluding hydrogens is 398 g/mol. The van der Waals surface area contributed by atoms with Gasteiger partial charge in [-0.15, -0.1) is 0 Å². The van der Waals surface area contributed by atoms with Gasteiger partial charge in [-0.25, -0.2) is 8.42 Å². The van der Waals surface area contributed by atoms with Gasteiger partial charge in [0, 0.05) is 18.7 Å². The lowest BCUT2D eigenvalue weighted by molar-refractivity contribution is 0.0674. The molecule has 1 aromatic heterocycles. The zero-order valence-electron chi connectivity index (χ0n) is 17.3. The summed E-state index contributed by atoms with van der Waals surface area (Å²) in [6.07, 6.45) is 6.44. The van der Waals surface area contributed by atoms with Crippen LogP contribution in [0.2, 0.25) is 0 Å². The SMILES string of the molecule is O=C(c1c2c(nn1[C@@H]1CCS(=O)(=O)C1)CCC2)N1CCC(Cc2ccccc2)CC1. The second kappa shape index (κ2) is 7.84. The van der Waals surface area contributed by atoms with E-state index in [9.17, 15) is 13.2 Å². The van der Waals surface area contributed by atoms with Crippen molar-refractivity contribution >= 4 is 15.7 Å². The molecule has 3 aliphatic rings. The molecule has 1 amide bonds. The van der Waals surface area contributed by atoms with Crippen LogP contribution in [0.5, 0.6) is 0 Å². The van der Waals surface area contributed by atoms with Gasteiger partial charge in [0.2, 0.25) is 0 Å². The van der Waals surface area contributed by atoms with Crippen molar-refractivity contribution in [2.24, 2.45) is 5.92 Å². The normalized spacial score (nSPS) is 23.6. The zero-order valence-corrected chi connectivity index (χ0v) is 18.1. The zero-order chi connectivity index (χ0) is 20.7. The molecule has 0 bridgehead atoms. The Hall–Kier alpha value is -2.15. The van der Waals surface area contributed by atoms with E-state index >= 15 is 0 Å². The number of amides is 1. The largest absolute Gasteiger partial charge is 0.337 e. The topological polar surface area (TPSA) is 72.3 Å². The van der Waals surface area contributed by atoms with Crippen LogP contribution in [-0.2, 0) is 29.1 Å². The first-order valence-corrected chi connectivity index (χ1v) is 13.0. The first-order valence-electron chi connectivity index (χ1n) is 11.1. The number of sulfone groups is 1. The molecule has 0 radical (unpaired) electrons. The van der Waals surface area contributed by atoms with Gasteiger partial charge in [-0.3, -0.25) is 9.48 Å². The van der Waals surface area contributed by atoms with E-state index in [0.29, 0.717) is 18.0 Å². The maximum atomic E-state index is 13.5. The third kappa shape index (κ3) is 3.80. The Morgan fingerprint density at radius 2 is 1.83 bits per heavy atom. The molecule has 2 aliphatic heterocycles. The highest BCUT2D eigenvalue weighted by Gasteiger charge is 2.37. The first-order chi connectivity index (χ1) is 14.5. The number of hydrogen-bond acceptors (Lipinski definition) is 4. The van der Waals surface area contributed by atoms with Crippen molar-refractivity contribution in [3.63, 3.8) is 0 Å². The molecule has 3 heterocycles. The molecule has 30 heavy (non-hydrogen) atoms. The van der Waals surface area contributed by atoms with Gasteiger partial charge in [0.1, 0.15) is 5.69 Å². The van der Waals surface area contributed by atoms with Crippen LogP contribution < -0.4 is 0 Å². The minimum Gasteiger partial charge on any atom is -0.337 e. The number of rotatable bonds is 4. The lowest BCUT2D eigenvalue weighted by atomic mass is 9.90. The Labute approximate surface area is 178 Å². The Morgan fingerprint density at radius 1 is 1.07 bits per heavy atom. The molecule has 0 N–H and O–H groups in total. The average molecular weight is 428 g/mol. The van der Waals surface area contributed by atoms with Gasteiger partial charge < -0.3 is 4.90 Å². The highest BCUT2D eigenvalue weighted by Crippen LogP contribution is 2.33. The van der Waals surface area contributed by atoms with E-state index in [0.717, 1.165) is 62.9 Å². The molecule has 0 spiro atoms. The number of benzene rings is 1. The van der Waals surface area contributed by atoms with Crippen molar-refractivity contribution < 1.29 is 13.2 Å². The van der Waals surface area contributed by atoms with E-state index in [-0.39, 0.29) is 23.5 Å². The monoisotopic (exact) mass is 427 g/mol. The minimum atomic E-state index is -3.03. The number of piperidine rings is 1. The number of likely N-dealkylation sites (tertiary alicyclic amines) is 1. The molecule has 6 nitrogen and oxygen atoms in total. The molecule has 5 rings (SSSR count). The first kappa shape index (κ1) is 19.8. The summed E-state index contributed by atoms with van der Waals surface area (Å²) >= 11 is 0. The average Bonchev–Trinajstić information content (AvgIpc) is 3.42. The maximum Gasteiger partial charge on any atom is 0.272 e. The van der Waals surface area contributed by atoms with Crippen LogP contribution in [0, 0.1) is 5.92 Å². The van der Waals surface area contributed by atoms with Crippen molar-refractivity contribution in [3.05, 3.63) is 52.8 Å². The molecule has 1 atom stereocenters. The highest BCUT2D eigenvalue weighted by atomic mass is 32.2. The summed E-state index contributed by atoms with van der Waals surface area (Å²) < 4.78 is 25.8.